The van der Waals surface area contributed by atoms with Crippen LogP contribution in [0.25, 0.3) is 0 Å². The number of carbonyl (C=O) groups excluding carboxylic acids is 1. The molecule has 2 rings (SSSR count). The fraction of sp³-hybridized carbons (Fsp3) is 0.600. The smallest absolute Gasteiger partial charge is 0.270 e. The Balaban J connectivity index is 1.98. The van der Waals surface area contributed by atoms with Gasteiger partial charge in [0.1, 0.15) is 11.2 Å². The minimum Gasteiger partial charge on any atom is -0.344 e. The van der Waals surface area contributed by atoms with Gasteiger partial charge in [-0.05, 0) is 25.0 Å². The summed E-state index contributed by atoms with van der Waals surface area (Å²) in [6.45, 7) is 0.741. The molecule has 0 unspecified atom stereocenters. The third-order valence-electron chi connectivity index (χ3n) is 4.36. The first kappa shape index (κ1) is 14.0. The second-order valence-electron chi connectivity index (χ2n) is 5.74. The molecule has 1 aromatic heterocycles. The Morgan fingerprint density at radius 2 is 2.05 bits per heavy atom. The summed E-state index contributed by atoms with van der Waals surface area (Å²) in [6.07, 6.45) is 7.90. The van der Waals surface area contributed by atoms with Crippen molar-refractivity contribution in [2.24, 2.45) is 0 Å². The fourth-order valence-electron chi connectivity index (χ4n) is 2.92. The van der Waals surface area contributed by atoms with Gasteiger partial charge in [-0.3, -0.25) is 9.78 Å². The van der Waals surface area contributed by atoms with Gasteiger partial charge in [0, 0.05) is 19.0 Å². The van der Waals surface area contributed by atoms with Crippen LogP contribution >= 0.6 is 0 Å². The summed E-state index contributed by atoms with van der Waals surface area (Å²) < 4.78 is 0. The maximum Gasteiger partial charge on any atom is 0.270 e. The predicted octanol–water partition coefficient (Wildman–Crippen LogP) is 0.659. The van der Waals surface area contributed by atoms with E-state index in [1.807, 2.05) is 12.1 Å². The third-order valence-corrected chi connectivity index (χ3v) is 4.36. The van der Waals surface area contributed by atoms with Gasteiger partial charge in [0.25, 0.3) is 5.91 Å². The molecule has 1 aliphatic carbocycles. The molecule has 1 aromatic rings. The molecule has 2 N–H and O–H groups in total. The van der Waals surface area contributed by atoms with Gasteiger partial charge < -0.3 is 10.2 Å². The standard InChI is InChI=1S/C15H23N3O/c1-18(2)15(9-5-3-6-10-15)12-17-14(19)13-8-4-7-11-16-13/h4,7-8,11H,3,5-6,9-10,12H2,1-2H3,(H,17,19)/p+1. The van der Waals surface area contributed by atoms with Crippen molar-refractivity contribution in [2.45, 2.75) is 37.6 Å². The molecule has 1 amide bonds. The number of amides is 1. The molecular weight excluding hydrogens is 238 g/mol. The Labute approximate surface area is 115 Å². The summed E-state index contributed by atoms with van der Waals surface area (Å²) in [7, 11) is 4.39. The molecular formula is C15H24N3O+. The first-order chi connectivity index (χ1) is 9.14. The second-order valence-corrected chi connectivity index (χ2v) is 5.74. The zero-order chi connectivity index (χ0) is 13.7. The van der Waals surface area contributed by atoms with Crippen molar-refractivity contribution in [3.05, 3.63) is 30.1 Å². The number of aromatic nitrogens is 1. The summed E-state index contributed by atoms with van der Waals surface area (Å²) in [4.78, 5) is 17.6. The molecule has 1 heterocycles. The van der Waals surface area contributed by atoms with Crippen molar-refractivity contribution in [2.75, 3.05) is 20.6 Å². The highest BCUT2D eigenvalue weighted by atomic mass is 16.1. The lowest BCUT2D eigenvalue weighted by Gasteiger charge is -2.39. The zero-order valence-corrected chi connectivity index (χ0v) is 11.9. The van der Waals surface area contributed by atoms with Gasteiger partial charge >= 0.3 is 0 Å². The van der Waals surface area contributed by atoms with Crippen molar-refractivity contribution in [3.63, 3.8) is 0 Å². The molecule has 1 saturated carbocycles. The Morgan fingerprint density at radius 1 is 1.32 bits per heavy atom. The first-order valence-corrected chi connectivity index (χ1v) is 7.14. The Morgan fingerprint density at radius 3 is 2.63 bits per heavy atom. The molecule has 1 aliphatic rings. The number of hydrogen-bond donors (Lipinski definition) is 2. The van der Waals surface area contributed by atoms with Crippen LogP contribution in [-0.2, 0) is 0 Å². The number of carbonyl (C=O) groups is 1. The van der Waals surface area contributed by atoms with Gasteiger partial charge in [-0.25, -0.2) is 0 Å². The molecule has 0 radical (unpaired) electrons. The van der Waals surface area contributed by atoms with E-state index < -0.39 is 0 Å². The third kappa shape index (κ3) is 3.32. The molecule has 19 heavy (non-hydrogen) atoms. The van der Waals surface area contributed by atoms with E-state index in [0.717, 1.165) is 6.54 Å². The van der Waals surface area contributed by atoms with Gasteiger partial charge in [0.05, 0.1) is 20.6 Å². The Hall–Kier alpha value is -1.42. The number of hydrogen-bond acceptors (Lipinski definition) is 2. The SMILES string of the molecule is C[NH+](C)C1(CNC(=O)c2ccccn2)CCCCC1. The zero-order valence-electron chi connectivity index (χ0n) is 11.9. The van der Waals surface area contributed by atoms with Crippen LogP contribution in [0.1, 0.15) is 42.6 Å². The molecule has 104 valence electrons. The lowest BCUT2D eigenvalue weighted by atomic mass is 9.80. The van der Waals surface area contributed by atoms with Crippen LogP contribution < -0.4 is 10.2 Å². The van der Waals surface area contributed by atoms with Gasteiger partial charge in [0.2, 0.25) is 0 Å². The number of nitrogens with one attached hydrogen (secondary N) is 2. The average molecular weight is 262 g/mol. The highest BCUT2D eigenvalue weighted by Gasteiger charge is 2.38. The Bertz CT molecular complexity index is 411. The van der Waals surface area contributed by atoms with E-state index in [-0.39, 0.29) is 11.4 Å². The lowest BCUT2D eigenvalue weighted by Crippen LogP contribution is -3.16. The minimum atomic E-state index is -0.0631. The monoisotopic (exact) mass is 262 g/mol. The number of quaternary nitrogens is 1. The van der Waals surface area contributed by atoms with Crippen molar-refractivity contribution >= 4 is 5.91 Å². The molecule has 0 saturated heterocycles. The number of nitrogens with zero attached hydrogens (tertiary/aromatic N) is 1. The number of likely N-dealkylation sites (N-methyl/N-ethyl adjacent to an activating group) is 1. The van der Waals surface area contributed by atoms with E-state index in [9.17, 15) is 4.79 Å². The van der Waals surface area contributed by atoms with Crippen molar-refractivity contribution < 1.29 is 9.69 Å². The molecule has 4 nitrogen and oxygen atoms in total. The molecule has 0 atom stereocenters. The molecule has 0 spiro atoms. The van der Waals surface area contributed by atoms with Gasteiger partial charge in [-0.15, -0.1) is 0 Å². The fourth-order valence-corrected chi connectivity index (χ4v) is 2.92. The number of pyridine rings is 1. The van der Waals surface area contributed by atoms with Crippen LogP contribution in [0.2, 0.25) is 0 Å². The second kappa shape index (κ2) is 6.15. The lowest BCUT2D eigenvalue weighted by molar-refractivity contribution is -0.916. The first-order valence-electron chi connectivity index (χ1n) is 7.14. The van der Waals surface area contributed by atoms with Crippen LogP contribution in [0.5, 0.6) is 0 Å². The van der Waals surface area contributed by atoms with Crippen LogP contribution in [0.4, 0.5) is 0 Å². The van der Waals surface area contributed by atoms with Crippen LogP contribution in [-0.4, -0.2) is 37.1 Å². The predicted molar refractivity (Wildman–Crippen MR) is 75.2 cm³/mol. The summed E-state index contributed by atoms with van der Waals surface area (Å²) >= 11 is 0. The van der Waals surface area contributed by atoms with E-state index in [1.54, 1.807) is 12.3 Å². The van der Waals surface area contributed by atoms with Gasteiger partial charge in [0.15, 0.2) is 0 Å². The van der Waals surface area contributed by atoms with E-state index >= 15 is 0 Å². The maximum absolute atomic E-state index is 12.1. The molecule has 0 aromatic carbocycles. The van der Waals surface area contributed by atoms with Crippen LogP contribution in [0.3, 0.4) is 0 Å². The normalized spacial score (nSPS) is 18.3. The largest absolute Gasteiger partial charge is 0.344 e. The number of rotatable bonds is 4. The summed E-state index contributed by atoms with van der Waals surface area (Å²) in [5.74, 6) is -0.0631. The maximum atomic E-state index is 12.1. The van der Waals surface area contributed by atoms with Crippen LogP contribution in [0.15, 0.2) is 24.4 Å². The van der Waals surface area contributed by atoms with E-state index in [4.69, 9.17) is 0 Å². The highest BCUT2D eigenvalue weighted by Crippen LogP contribution is 2.24. The van der Waals surface area contributed by atoms with Crippen molar-refractivity contribution in [1.82, 2.24) is 10.3 Å². The topological polar surface area (TPSA) is 46.4 Å². The van der Waals surface area contributed by atoms with E-state index in [0.29, 0.717) is 5.69 Å². The van der Waals surface area contributed by atoms with Crippen molar-refractivity contribution in [1.29, 1.82) is 0 Å². The van der Waals surface area contributed by atoms with Gasteiger partial charge in [-0.2, -0.15) is 0 Å². The summed E-state index contributed by atoms with van der Waals surface area (Å²) in [6, 6.07) is 5.42. The molecule has 0 bridgehead atoms. The molecule has 0 aliphatic heterocycles. The minimum absolute atomic E-state index is 0.0631. The molecule has 4 heteroatoms. The summed E-state index contributed by atoms with van der Waals surface area (Å²) in [5.41, 5.74) is 0.699. The average Bonchev–Trinajstić information content (AvgIpc) is 2.46. The van der Waals surface area contributed by atoms with E-state index in [2.05, 4.69) is 24.4 Å². The summed E-state index contributed by atoms with van der Waals surface area (Å²) in [5, 5.41) is 3.07. The van der Waals surface area contributed by atoms with Crippen LogP contribution in [0, 0.1) is 0 Å². The molecule has 1 fully saturated rings. The van der Waals surface area contributed by atoms with Crippen molar-refractivity contribution in [3.8, 4) is 0 Å². The Kier molecular flexibility index (Phi) is 4.53. The van der Waals surface area contributed by atoms with E-state index in [1.165, 1.54) is 37.0 Å². The quantitative estimate of drug-likeness (QED) is 0.837. The highest BCUT2D eigenvalue weighted by molar-refractivity contribution is 5.92. The van der Waals surface area contributed by atoms with Gasteiger partial charge in [-0.1, -0.05) is 12.5 Å².